The Hall–Kier alpha value is 2.22. The summed E-state index contributed by atoms with van der Waals surface area (Å²) in [6.45, 7) is 25.7. The maximum absolute atomic E-state index is 7.68. The molecule has 8 radical (unpaired) electrons. The molecule has 0 N–H and O–H groups in total. The second kappa shape index (κ2) is 10.7. The molecule has 0 nitrogen and oxygen atoms in total. The van der Waals surface area contributed by atoms with Crippen molar-refractivity contribution < 1.29 is 0 Å². The minimum atomic E-state index is -1.40. The Kier molecular flexibility index (Phi) is 10.7. The van der Waals surface area contributed by atoms with Gasteiger partial charge in [-0.25, -0.2) is 0 Å². The summed E-state index contributed by atoms with van der Waals surface area (Å²) in [5.74, 6) is 0. The van der Waals surface area contributed by atoms with E-state index in [0.29, 0.717) is 5.59 Å². The van der Waals surface area contributed by atoms with Crippen LogP contribution in [0.1, 0.15) is 66.2 Å². The molecule has 2 unspecified atom stereocenters. The number of hydrogen-bond donors (Lipinski definition) is 0. The first-order valence-electron chi connectivity index (χ1n) is 12.3. The second-order valence-corrected chi connectivity index (χ2v) is 41.7. The van der Waals surface area contributed by atoms with Crippen LogP contribution in [0.5, 0.6) is 0 Å². The molecule has 1 aliphatic heterocycles. The summed E-state index contributed by atoms with van der Waals surface area (Å²) >= 11 is -0.765. The van der Waals surface area contributed by atoms with E-state index >= 15 is 0 Å². The second-order valence-electron chi connectivity index (χ2n) is 11.8. The van der Waals surface area contributed by atoms with Crippen LogP contribution in [0, 0.1) is 0 Å². The monoisotopic (exact) mass is 574 g/mol. The summed E-state index contributed by atoms with van der Waals surface area (Å²) in [7, 11) is 9.76. The van der Waals surface area contributed by atoms with Gasteiger partial charge in [0.2, 0.25) is 0 Å². The predicted molar refractivity (Wildman–Crippen MR) is 153 cm³/mol. The van der Waals surface area contributed by atoms with E-state index in [2.05, 4.69) is 67.0 Å². The molecule has 0 saturated carbocycles. The van der Waals surface area contributed by atoms with Crippen LogP contribution in [0.25, 0.3) is 0 Å². The molecule has 1 aliphatic rings. The van der Waals surface area contributed by atoms with Crippen molar-refractivity contribution in [3.63, 3.8) is 0 Å². The molecule has 0 aromatic heterocycles. The van der Waals surface area contributed by atoms with E-state index in [1.165, 1.54) is 63.2 Å². The number of rotatable bonds is 12. The summed E-state index contributed by atoms with van der Waals surface area (Å²) in [6, 6.07) is 0. The van der Waals surface area contributed by atoms with E-state index in [1.54, 1.807) is 0 Å². The number of hydrogen-bond acceptors (Lipinski definition) is 0. The summed E-state index contributed by atoms with van der Waals surface area (Å²) < 4.78 is 1.23. The average Bonchev–Trinajstić information content (AvgIpc) is 3.00. The van der Waals surface area contributed by atoms with Crippen LogP contribution < -0.4 is 0 Å². The van der Waals surface area contributed by atoms with Gasteiger partial charge >= 0.3 is 202 Å². The average molecular weight is 573 g/mol. The van der Waals surface area contributed by atoms with Crippen molar-refractivity contribution in [2.75, 3.05) is 24.6 Å². The quantitative estimate of drug-likeness (QED) is 0.168. The van der Waals surface area contributed by atoms with Crippen molar-refractivity contribution in [1.82, 2.24) is 0 Å². The van der Waals surface area contributed by atoms with Crippen molar-refractivity contribution in [2.24, 2.45) is 0 Å². The van der Waals surface area contributed by atoms with Crippen LogP contribution in [0.3, 0.4) is 0 Å². The Labute approximate surface area is 201 Å². The zero-order valence-corrected chi connectivity index (χ0v) is 28.3. The molecule has 29 heavy (non-hydrogen) atoms. The van der Waals surface area contributed by atoms with Crippen molar-refractivity contribution in [3.05, 3.63) is 0 Å². The molecule has 2 atom stereocenters. The molecule has 1 saturated heterocycles. The van der Waals surface area contributed by atoms with E-state index in [0.717, 1.165) is 0 Å². The van der Waals surface area contributed by atoms with Crippen LogP contribution >= 0.6 is 14.3 Å². The summed E-state index contributed by atoms with van der Waals surface area (Å²) in [6.07, 6.45) is 13.4. The van der Waals surface area contributed by atoms with E-state index in [1.807, 2.05) is 0 Å². The zero-order chi connectivity index (χ0) is 22.8. The Morgan fingerprint density at radius 1 is 0.621 bits per heavy atom. The molecular weight excluding hydrogens is 523 g/mol. The summed E-state index contributed by atoms with van der Waals surface area (Å²) in [5, 5.41) is 0. The van der Waals surface area contributed by atoms with Crippen LogP contribution in [0.2, 0.25) is 39.3 Å². The van der Waals surface area contributed by atoms with Gasteiger partial charge in [0.1, 0.15) is 0 Å². The third-order valence-electron chi connectivity index (χ3n) is 7.75. The molecule has 0 aromatic rings. The normalized spacial score (nSPS) is 26.9. The molecule has 166 valence electrons. The topological polar surface area (TPSA) is 0 Å². The Bertz CT molecular complexity index is 478. The standard InChI is InChI=1S/C22H50B2P2Si2.Sn/c1-11-17-25(23,18-12-2)21(27(5,6)7)15-16-22(28(8,9)10)26(24,19-13-3)20-14-4;/h11-20H2,1-10H3;. The molecule has 7 heteroatoms. The van der Waals surface area contributed by atoms with Gasteiger partial charge in [0, 0.05) is 0 Å². The van der Waals surface area contributed by atoms with Crippen molar-refractivity contribution in [1.29, 1.82) is 0 Å². The molecule has 0 amide bonds. The van der Waals surface area contributed by atoms with Gasteiger partial charge < -0.3 is 0 Å². The first-order valence-corrected chi connectivity index (χ1v) is 26.6. The van der Waals surface area contributed by atoms with Gasteiger partial charge in [0.15, 0.2) is 0 Å². The molecule has 0 spiro atoms. The molecule has 0 aromatic carbocycles. The Morgan fingerprint density at radius 3 is 1.03 bits per heavy atom. The summed E-state index contributed by atoms with van der Waals surface area (Å²) in [4.78, 5) is 0. The fraction of sp³-hybridized carbons (Fsp3) is 1.00. The first-order chi connectivity index (χ1) is 13.2. The van der Waals surface area contributed by atoms with E-state index in [4.69, 9.17) is 15.1 Å². The van der Waals surface area contributed by atoms with Gasteiger partial charge in [-0.1, -0.05) is 0 Å². The van der Waals surface area contributed by atoms with Gasteiger partial charge in [-0.3, -0.25) is 0 Å². The van der Waals surface area contributed by atoms with Gasteiger partial charge in [-0.2, -0.15) is 0 Å². The Balaban J connectivity index is 3.73. The van der Waals surface area contributed by atoms with Crippen LogP contribution in [-0.2, 0) is 0 Å². The third-order valence-corrected chi connectivity index (χ3v) is 55.8. The Morgan fingerprint density at radius 2 is 0.862 bits per heavy atom. The fourth-order valence-electron chi connectivity index (χ4n) is 6.54. The van der Waals surface area contributed by atoms with E-state index in [-0.39, 0.29) is 0 Å². The van der Waals surface area contributed by atoms with Gasteiger partial charge in [-0.05, 0) is 0 Å². The minimum absolute atomic E-state index is 0.613. The SMILES string of the molecule is [B-][P+](CCC)(CCC)[C]1([Si](C)(C)C)CC[C]([Si](C)(C)C)([P+]([B-])(CCC)CCC)[Sn]1. The molecule has 0 bridgehead atoms. The van der Waals surface area contributed by atoms with E-state index < -0.39 is 51.6 Å². The van der Waals surface area contributed by atoms with Crippen molar-refractivity contribution in [2.45, 2.75) is 111 Å². The maximum atomic E-state index is 7.68. The molecule has 1 fully saturated rings. The van der Waals surface area contributed by atoms with Gasteiger partial charge in [0.25, 0.3) is 0 Å². The van der Waals surface area contributed by atoms with E-state index in [9.17, 15) is 0 Å². The zero-order valence-electron chi connectivity index (χ0n) is 21.6. The fourth-order valence-corrected chi connectivity index (χ4v) is 53.5. The summed E-state index contributed by atoms with van der Waals surface area (Å²) in [5.41, 5.74) is 0. The third kappa shape index (κ3) is 5.33. The first kappa shape index (κ1) is 29.3. The van der Waals surface area contributed by atoms with Crippen LogP contribution in [0.15, 0.2) is 0 Å². The van der Waals surface area contributed by atoms with Crippen LogP contribution in [-0.4, -0.2) is 82.7 Å². The van der Waals surface area contributed by atoms with Crippen molar-refractivity contribution >= 4 is 66.7 Å². The van der Waals surface area contributed by atoms with Crippen molar-refractivity contribution in [3.8, 4) is 0 Å². The van der Waals surface area contributed by atoms with Gasteiger partial charge in [0.05, 0.1) is 0 Å². The molecular formula is C22H50B2P2Si2Sn. The molecule has 0 aliphatic carbocycles. The van der Waals surface area contributed by atoms with Gasteiger partial charge in [-0.15, -0.1) is 0 Å². The predicted octanol–water partition coefficient (Wildman–Crippen LogP) is 7.47. The van der Waals surface area contributed by atoms with Crippen LogP contribution in [0.4, 0.5) is 0 Å². The molecule has 1 rings (SSSR count). The molecule has 1 heterocycles.